The molecule has 0 aliphatic carbocycles. The maximum absolute atomic E-state index is 10.4. The zero-order chi connectivity index (χ0) is 10.2. The number of hydrogen-bond donors (Lipinski definition) is 1. The molecule has 72 valence electrons. The molecule has 14 heavy (non-hydrogen) atoms. The van der Waals surface area contributed by atoms with Gasteiger partial charge in [-0.1, -0.05) is 6.07 Å². The summed E-state index contributed by atoms with van der Waals surface area (Å²) in [5, 5.41) is 1.93. The quantitative estimate of drug-likeness (QED) is 0.766. The van der Waals surface area contributed by atoms with Gasteiger partial charge in [-0.05, 0) is 29.7 Å². The molecule has 2 heterocycles. The molecule has 5 heteroatoms. The number of amides is 1. The fourth-order valence-electron chi connectivity index (χ4n) is 0.684. The van der Waals surface area contributed by atoms with Crippen LogP contribution >= 0.6 is 11.5 Å². The molecule has 0 unspecified atom stereocenters. The van der Waals surface area contributed by atoms with Gasteiger partial charge >= 0.3 is 0 Å². The zero-order valence-electron chi connectivity index (χ0n) is 7.33. The third-order valence-corrected chi connectivity index (χ3v) is 1.79. The van der Waals surface area contributed by atoms with Crippen LogP contribution in [0.25, 0.3) is 0 Å². The van der Waals surface area contributed by atoms with Crippen LogP contribution in [0.5, 0.6) is 0 Å². The van der Waals surface area contributed by atoms with E-state index in [2.05, 4.69) is 9.36 Å². The van der Waals surface area contributed by atoms with E-state index in [9.17, 15) is 4.79 Å². The van der Waals surface area contributed by atoms with Gasteiger partial charge in [-0.2, -0.15) is 0 Å². The van der Waals surface area contributed by atoms with E-state index in [1.54, 1.807) is 24.4 Å². The van der Waals surface area contributed by atoms with Crippen LogP contribution in [-0.4, -0.2) is 15.3 Å². The number of hydrogen-bond acceptors (Lipinski definition) is 4. The number of nitrogens with two attached hydrogens (primary N) is 1. The minimum Gasteiger partial charge on any atom is -0.364 e. The van der Waals surface area contributed by atoms with Gasteiger partial charge in [0.25, 0.3) is 5.91 Å². The first-order valence-electron chi connectivity index (χ1n) is 3.86. The highest BCUT2D eigenvalue weighted by Gasteiger charge is 1.95. The molecule has 0 radical (unpaired) electrons. The highest BCUT2D eigenvalue weighted by atomic mass is 32.1. The summed E-state index contributed by atoms with van der Waals surface area (Å²) in [6.45, 7) is 0. The summed E-state index contributed by atoms with van der Waals surface area (Å²) in [7, 11) is 0. The van der Waals surface area contributed by atoms with Gasteiger partial charge in [0.05, 0.1) is 0 Å². The fraction of sp³-hybridized carbons (Fsp3) is 0. The smallest absolute Gasteiger partial charge is 0.267 e. The van der Waals surface area contributed by atoms with Crippen molar-refractivity contribution >= 4 is 17.4 Å². The second kappa shape index (κ2) is 5.82. The third-order valence-electron chi connectivity index (χ3n) is 1.26. The lowest BCUT2D eigenvalue weighted by Gasteiger charge is -1.88. The molecule has 0 aliphatic rings. The third kappa shape index (κ3) is 3.77. The summed E-state index contributed by atoms with van der Waals surface area (Å²) in [4.78, 5) is 14.1. The van der Waals surface area contributed by atoms with Crippen molar-refractivity contribution in [1.82, 2.24) is 9.36 Å². The summed E-state index contributed by atoms with van der Waals surface area (Å²) >= 11 is 1.46. The Hall–Kier alpha value is -1.75. The number of aromatic nitrogens is 2. The molecule has 0 saturated heterocycles. The Balaban J connectivity index is 0.000000165. The van der Waals surface area contributed by atoms with Crippen LogP contribution in [0.2, 0.25) is 0 Å². The first-order valence-corrected chi connectivity index (χ1v) is 4.69. The summed E-state index contributed by atoms with van der Waals surface area (Å²) in [6, 6.07) is 6.92. The van der Waals surface area contributed by atoms with Gasteiger partial charge in [0.2, 0.25) is 0 Å². The van der Waals surface area contributed by atoms with Crippen molar-refractivity contribution in [2.24, 2.45) is 5.73 Å². The molecular formula is C9H9N3OS. The van der Waals surface area contributed by atoms with Crippen molar-refractivity contribution in [2.75, 3.05) is 0 Å². The van der Waals surface area contributed by atoms with Crippen molar-refractivity contribution in [3.8, 4) is 0 Å². The number of nitrogens with zero attached hydrogens (tertiary/aromatic N) is 2. The molecule has 0 atom stereocenters. The van der Waals surface area contributed by atoms with E-state index in [1.807, 2.05) is 11.4 Å². The molecule has 2 N–H and O–H groups in total. The lowest BCUT2D eigenvalue weighted by molar-refractivity contribution is 0.0995. The number of primary amides is 1. The van der Waals surface area contributed by atoms with E-state index in [0.717, 1.165) is 0 Å². The zero-order valence-corrected chi connectivity index (χ0v) is 8.15. The summed E-state index contributed by atoms with van der Waals surface area (Å²) in [5.41, 5.74) is 5.22. The Bertz CT molecular complexity index is 344. The molecule has 0 spiro atoms. The Morgan fingerprint density at radius 1 is 1.29 bits per heavy atom. The maximum atomic E-state index is 10.4. The monoisotopic (exact) mass is 207 g/mol. The maximum Gasteiger partial charge on any atom is 0.267 e. The van der Waals surface area contributed by atoms with Crippen LogP contribution in [0.4, 0.5) is 0 Å². The molecule has 0 saturated carbocycles. The SMILES string of the molecule is NC(=O)c1ccccn1.c1cnsc1. The summed E-state index contributed by atoms with van der Waals surface area (Å²) in [5.74, 6) is -0.490. The van der Waals surface area contributed by atoms with E-state index >= 15 is 0 Å². The second-order valence-corrected chi connectivity index (χ2v) is 2.96. The molecule has 1 amide bonds. The van der Waals surface area contributed by atoms with Crippen molar-refractivity contribution < 1.29 is 4.79 Å². The van der Waals surface area contributed by atoms with Crippen LogP contribution in [0.1, 0.15) is 10.5 Å². The van der Waals surface area contributed by atoms with E-state index in [0.29, 0.717) is 5.69 Å². The molecule has 0 aromatic carbocycles. The van der Waals surface area contributed by atoms with Gasteiger partial charge < -0.3 is 5.73 Å². The number of rotatable bonds is 1. The van der Waals surface area contributed by atoms with E-state index < -0.39 is 5.91 Å². The molecule has 4 nitrogen and oxygen atoms in total. The van der Waals surface area contributed by atoms with Crippen LogP contribution in [-0.2, 0) is 0 Å². The van der Waals surface area contributed by atoms with Gasteiger partial charge in [-0.3, -0.25) is 9.78 Å². The van der Waals surface area contributed by atoms with E-state index in [-0.39, 0.29) is 0 Å². The predicted molar refractivity (Wildman–Crippen MR) is 54.9 cm³/mol. The largest absolute Gasteiger partial charge is 0.364 e. The van der Waals surface area contributed by atoms with E-state index in [4.69, 9.17) is 5.73 Å². The normalized spacial score (nSPS) is 8.57. The van der Waals surface area contributed by atoms with Crippen LogP contribution < -0.4 is 5.73 Å². The Morgan fingerprint density at radius 3 is 2.43 bits per heavy atom. The number of carbonyl (C=O) groups excluding carboxylic acids is 1. The molecule has 0 aliphatic heterocycles. The van der Waals surface area contributed by atoms with Gasteiger partial charge in [-0.15, -0.1) is 0 Å². The summed E-state index contributed by atoms with van der Waals surface area (Å²) in [6.07, 6.45) is 3.30. The first-order chi connectivity index (χ1) is 6.80. The Kier molecular flexibility index (Phi) is 4.30. The standard InChI is InChI=1S/C6H6N2O.C3H3NS/c7-6(9)5-3-1-2-4-8-5;1-2-4-5-3-1/h1-4H,(H2,7,9);1-3H. The lowest BCUT2D eigenvalue weighted by Crippen LogP contribution is -2.12. The fourth-order valence-corrected chi connectivity index (χ4v) is 1.04. The molecule has 2 rings (SSSR count). The molecule has 0 fully saturated rings. The van der Waals surface area contributed by atoms with Crippen molar-refractivity contribution in [3.63, 3.8) is 0 Å². The first kappa shape index (κ1) is 10.3. The summed E-state index contributed by atoms with van der Waals surface area (Å²) < 4.78 is 3.76. The van der Waals surface area contributed by atoms with Gasteiger partial charge in [-0.25, -0.2) is 4.37 Å². The molecular weight excluding hydrogens is 198 g/mol. The lowest BCUT2D eigenvalue weighted by atomic mass is 10.3. The topological polar surface area (TPSA) is 68.9 Å². The van der Waals surface area contributed by atoms with Gasteiger partial charge in [0.15, 0.2) is 0 Å². The van der Waals surface area contributed by atoms with E-state index in [1.165, 1.54) is 17.7 Å². The van der Waals surface area contributed by atoms with Crippen LogP contribution in [0.15, 0.2) is 42.0 Å². The van der Waals surface area contributed by atoms with Crippen LogP contribution in [0.3, 0.4) is 0 Å². The van der Waals surface area contributed by atoms with Gasteiger partial charge in [0.1, 0.15) is 5.69 Å². The number of pyridine rings is 1. The Morgan fingerprint density at radius 2 is 2.14 bits per heavy atom. The van der Waals surface area contributed by atoms with Gasteiger partial charge in [0, 0.05) is 17.8 Å². The minimum absolute atomic E-state index is 0.303. The average Bonchev–Trinajstić information content (AvgIpc) is 2.77. The van der Waals surface area contributed by atoms with Crippen molar-refractivity contribution in [2.45, 2.75) is 0 Å². The van der Waals surface area contributed by atoms with Crippen molar-refractivity contribution in [3.05, 3.63) is 47.7 Å². The minimum atomic E-state index is -0.490. The predicted octanol–water partition coefficient (Wildman–Crippen LogP) is 1.32. The highest BCUT2D eigenvalue weighted by Crippen LogP contribution is 1.89. The molecule has 0 bridgehead atoms. The highest BCUT2D eigenvalue weighted by molar-refractivity contribution is 7.03. The van der Waals surface area contributed by atoms with Crippen LogP contribution in [0, 0.1) is 0 Å². The Labute approximate surface area is 85.6 Å². The molecule has 2 aromatic rings. The van der Waals surface area contributed by atoms with Crippen molar-refractivity contribution in [1.29, 1.82) is 0 Å². The number of carbonyl (C=O) groups is 1. The second-order valence-electron chi connectivity index (χ2n) is 2.27. The average molecular weight is 207 g/mol. The molecule has 2 aromatic heterocycles.